The molecule has 4 aromatic rings. The minimum absolute atomic E-state index is 0.148. The topological polar surface area (TPSA) is 82.4 Å². The molecule has 0 fully saturated rings. The Morgan fingerprint density at radius 3 is 2.43 bits per heavy atom. The fourth-order valence-corrected chi connectivity index (χ4v) is 4.01. The summed E-state index contributed by atoms with van der Waals surface area (Å²) in [5, 5.41) is 0. The number of hydrogen-bond acceptors (Lipinski definition) is 7. The minimum Gasteiger partial charge on any atom is -0.493 e. The van der Waals surface area contributed by atoms with E-state index in [1.807, 2.05) is 24.3 Å². The van der Waals surface area contributed by atoms with Crippen LogP contribution in [0.3, 0.4) is 0 Å². The molecule has 0 radical (unpaired) electrons. The molecule has 9 heteroatoms. The van der Waals surface area contributed by atoms with Crippen molar-refractivity contribution in [3.63, 3.8) is 0 Å². The summed E-state index contributed by atoms with van der Waals surface area (Å²) < 4.78 is 18.3. The molecule has 0 N–H and O–H groups in total. The Morgan fingerprint density at radius 2 is 1.80 bits per heavy atom. The third-order valence-corrected chi connectivity index (χ3v) is 5.45. The Labute approximate surface area is 175 Å². The van der Waals surface area contributed by atoms with Crippen molar-refractivity contribution in [2.45, 2.75) is 0 Å². The first-order valence-corrected chi connectivity index (χ1v) is 9.81. The summed E-state index contributed by atoms with van der Waals surface area (Å²) in [6.45, 7) is 0. The second-order valence-electron chi connectivity index (χ2n) is 6.65. The fourth-order valence-electron chi connectivity index (χ4n) is 3.03. The number of amides is 1. The van der Waals surface area contributed by atoms with Crippen LogP contribution in [0, 0.1) is 0 Å². The number of methoxy groups -OCH3 is 2. The smallest absolute Gasteiger partial charge is 0.414 e. The highest BCUT2D eigenvalue weighted by Gasteiger charge is 2.19. The number of ether oxygens (including phenoxy) is 3. The number of rotatable bonds is 4. The van der Waals surface area contributed by atoms with Gasteiger partial charge in [-0.15, -0.1) is 0 Å². The molecule has 0 unspecified atom stereocenters. The van der Waals surface area contributed by atoms with Gasteiger partial charge in [-0.3, -0.25) is 4.79 Å². The number of benzene rings is 2. The largest absolute Gasteiger partial charge is 0.493 e. The Kier molecular flexibility index (Phi) is 5.04. The molecule has 0 aliphatic rings. The van der Waals surface area contributed by atoms with Crippen LogP contribution in [-0.2, 0) is 0 Å². The number of carbonyl (C=O) groups excluding carboxylic acids is 1. The highest BCUT2D eigenvalue weighted by atomic mass is 32.1. The molecule has 0 aliphatic carbocycles. The van der Waals surface area contributed by atoms with E-state index in [0.717, 1.165) is 11.0 Å². The van der Waals surface area contributed by atoms with Gasteiger partial charge < -0.3 is 19.1 Å². The summed E-state index contributed by atoms with van der Waals surface area (Å²) in [5.41, 5.74) is 2.07. The van der Waals surface area contributed by atoms with Crippen LogP contribution in [0.4, 0.5) is 4.79 Å². The van der Waals surface area contributed by atoms with Crippen molar-refractivity contribution >= 4 is 39.5 Å². The maximum atomic E-state index is 13.0. The Bertz CT molecular complexity index is 1350. The van der Waals surface area contributed by atoms with E-state index in [0.29, 0.717) is 26.6 Å². The number of para-hydroxylation sites is 2. The summed E-state index contributed by atoms with van der Waals surface area (Å²) >= 11 is 1.30. The maximum Gasteiger partial charge on any atom is 0.414 e. The Morgan fingerprint density at radius 1 is 1.13 bits per heavy atom. The number of fused-ring (bicyclic) bond motifs is 3. The number of carbonyl (C=O) groups is 1. The summed E-state index contributed by atoms with van der Waals surface area (Å²) in [4.78, 5) is 31.4. The number of thiazole rings is 1. The predicted octanol–water partition coefficient (Wildman–Crippen LogP) is 2.53. The number of aromatic nitrogens is 2. The summed E-state index contributed by atoms with van der Waals surface area (Å²) in [5.74, 6) is 0.801. The second-order valence-corrected chi connectivity index (χ2v) is 7.66. The normalized spacial score (nSPS) is 11.8. The zero-order valence-electron chi connectivity index (χ0n) is 16.8. The summed E-state index contributed by atoms with van der Waals surface area (Å²) in [7, 11) is 6.10. The average molecular weight is 425 g/mol. The monoisotopic (exact) mass is 425 g/mol. The van der Waals surface area contributed by atoms with E-state index in [4.69, 9.17) is 14.2 Å². The van der Waals surface area contributed by atoms with Crippen molar-refractivity contribution in [3.8, 4) is 17.2 Å². The van der Waals surface area contributed by atoms with Crippen LogP contribution in [0.5, 0.6) is 17.2 Å². The van der Waals surface area contributed by atoms with Gasteiger partial charge in [0.05, 0.1) is 29.8 Å². The molecule has 0 saturated heterocycles. The molecule has 4 rings (SSSR count). The van der Waals surface area contributed by atoms with Gasteiger partial charge in [-0.2, -0.15) is 0 Å². The van der Waals surface area contributed by atoms with Gasteiger partial charge in [0.1, 0.15) is 0 Å². The number of imidazole rings is 1. The van der Waals surface area contributed by atoms with Gasteiger partial charge >= 0.3 is 6.09 Å². The van der Waals surface area contributed by atoms with Crippen molar-refractivity contribution in [1.29, 1.82) is 0 Å². The lowest BCUT2D eigenvalue weighted by Gasteiger charge is -2.16. The quantitative estimate of drug-likeness (QED) is 0.500. The van der Waals surface area contributed by atoms with Crippen LogP contribution in [0.25, 0.3) is 22.1 Å². The number of hydrogen-bond donors (Lipinski definition) is 0. The van der Waals surface area contributed by atoms with Crippen LogP contribution in [-0.4, -0.2) is 48.7 Å². The third kappa shape index (κ3) is 3.33. The van der Waals surface area contributed by atoms with Crippen LogP contribution in [0.1, 0.15) is 5.56 Å². The minimum atomic E-state index is -0.559. The van der Waals surface area contributed by atoms with Crippen molar-refractivity contribution in [3.05, 3.63) is 56.8 Å². The standard InChI is InChI=1S/C21H19N3O5S/c1-23(2)21(26)29-18-15(27-3)9-12(10-16(18)28-4)11-17-19(25)24-14-8-6-5-7-13(14)22-20(24)30-17/h5-11H,1-4H3/b17-11+. The SMILES string of the molecule is COc1cc(/C=c2/sc3nc4ccccc4n3c2=O)cc(OC)c1OC(=O)N(C)C. The summed E-state index contributed by atoms with van der Waals surface area (Å²) in [6, 6.07) is 10.9. The van der Waals surface area contributed by atoms with E-state index in [1.165, 1.54) is 30.5 Å². The van der Waals surface area contributed by atoms with Gasteiger partial charge in [0.2, 0.25) is 5.75 Å². The van der Waals surface area contributed by atoms with E-state index in [2.05, 4.69) is 4.98 Å². The third-order valence-electron chi connectivity index (χ3n) is 4.48. The van der Waals surface area contributed by atoms with Gasteiger partial charge in [0.25, 0.3) is 5.56 Å². The molecule has 0 atom stereocenters. The first-order chi connectivity index (χ1) is 14.4. The molecular formula is C21H19N3O5S. The second kappa shape index (κ2) is 7.68. The highest BCUT2D eigenvalue weighted by molar-refractivity contribution is 7.15. The van der Waals surface area contributed by atoms with Crippen LogP contribution >= 0.6 is 11.3 Å². The van der Waals surface area contributed by atoms with Crippen LogP contribution in [0.15, 0.2) is 41.2 Å². The van der Waals surface area contributed by atoms with Gasteiger partial charge in [-0.05, 0) is 35.9 Å². The van der Waals surface area contributed by atoms with E-state index in [9.17, 15) is 9.59 Å². The Balaban J connectivity index is 1.85. The number of nitrogens with zero attached hydrogens (tertiary/aromatic N) is 3. The molecule has 1 amide bonds. The van der Waals surface area contributed by atoms with E-state index in [-0.39, 0.29) is 11.3 Å². The van der Waals surface area contributed by atoms with Gasteiger partial charge in [0.15, 0.2) is 16.5 Å². The highest BCUT2D eigenvalue weighted by Crippen LogP contribution is 2.39. The van der Waals surface area contributed by atoms with Gasteiger partial charge in [-0.25, -0.2) is 14.2 Å². The molecule has 2 aromatic carbocycles. The van der Waals surface area contributed by atoms with Crippen molar-refractivity contribution in [2.75, 3.05) is 28.3 Å². The predicted molar refractivity (Wildman–Crippen MR) is 115 cm³/mol. The lowest BCUT2D eigenvalue weighted by atomic mass is 10.1. The lowest BCUT2D eigenvalue weighted by Crippen LogP contribution is -2.25. The van der Waals surface area contributed by atoms with Crippen LogP contribution in [0.2, 0.25) is 0 Å². The maximum absolute atomic E-state index is 13.0. The van der Waals surface area contributed by atoms with Gasteiger partial charge in [0, 0.05) is 14.1 Å². The van der Waals surface area contributed by atoms with Gasteiger partial charge in [-0.1, -0.05) is 23.5 Å². The molecule has 0 saturated carbocycles. The fraction of sp³-hybridized carbons (Fsp3) is 0.190. The molecule has 0 bridgehead atoms. The molecular weight excluding hydrogens is 406 g/mol. The van der Waals surface area contributed by atoms with E-state index < -0.39 is 6.09 Å². The Hall–Kier alpha value is -3.59. The van der Waals surface area contributed by atoms with Crippen LogP contribution < -0.4 is 24.3 Å². The molecule has 0 aliphatic heterocycles. The molecule has 8 nitrogen and oxygen atoms in total. The first-order valence-electron chi connectivity index (χ1n) is 8.99. The molecule has 30 heavy (non-hydrogen) atoms. The molecule has 0 spiro atoms. The van der Waals surface area contributed by atoms with E-state index in [1.54, 1.807) is 36.7 Å². The molecule has 2 aromatic heterocycles. The molecule has 2 heterocycles. The lowest BCUT2D eigenvalue weighted by molar-refractivity contribution is 0.168. The van der Waals surface area contributed by atoms with E-state index >= 15 is 0 Å². The van der Waals surface area contributed by atoms with Crippen molar-refractivity contribution < 1.29 is 19.0 Å². The summed E-state index contributed by atoms with van der Waals surface area (Å²) in [6.07, 6.45) is 1.18. The zero-order valence-corrected chi connectivity index (χ0v) is 17.6. The van der Waals surface area contributed by atoms with Crippen molar-refractivity contribution in [2.24, 2.45) is 0 Å². The molecule has 154 valence electrons. The zero-order chi connectivity index (χ0) is 21.4. The van der Waals surface area contributed by atoms with Crippen molar-refractivity contribution in [1.82, 2.24) is 14.3 Å². The first kappa shape index (κ1) is 19.7. The average Bonchev–Trinajstić information content (AvgIpc) is 3.24.